The van der Waals surface area contributed by atoms with E-state index in [1.807, 2.05) is 26.8 Å². The van der Waals surface area contributed by atoms with Gasteiger partial charge in [-0.05, 0) is 50.1 Å². The van der Waals surface area contributed by atoms with E-state index in [0.717, 1.165) is 11.4 Å². The average molecular weight is 329 g/mol. The van der Waals surface area contributed by atoms with Gasteiger partial charge >= 0.3 is 5.97 Å². The Kier molecular flexibility index (Phi) is 5.73. The lowest BCUT2D eigenvalue weighted by molar-refractivity contribution is -0.129. The Morgan fingerprint density at radius 3 is 2.38 bits per heavy atom. The van der Waals surface area contributed by atoms with Crippen LogP contribution in [0.1, 0.15) is 36.8 Å². The summed E-state index contributed by atoms with van der Waals surface area (Å²) in [5, 5.41) is 6.96. The second kappa shape index (κ2) is 7.77. The third kappa shape index (κ3) is 4.44. The summed E-state index contributed by atoms with van der Waals surface area (Å²) >= 11 is 0. The highest BCUT2D eigenvalue weighted by atomic mass is 16.5. The van der Waals surface area contributed by atoms with Crippen LogP contribution < -0.4 is 5.32 Å². The Morgan fingerprint density at radius 1 is 1.17 bits per heavy atom. The summed E-state index contributed by atoms with van der Waals surface area (Å²) in [5.41, 5.74) is 2.25. The third-order valence-electron chi connectivity index (χ3n) is 3.52. The normalized spacial score (nSPS) is 12.0. The van der Waals surface area contributed by atoms with Crippen molar-refractivity contribution in [1.29, 1.82) is 0 Å². The molecular weight excluding hydrogens is 306 g/mol. The van der Waals surface area contributed by atoms with E-state index in [1.54, 1.807) is 42.1 Å². The highest BCUT2D eigenvalue weighted by Crippen LogP contribution is 2.12. The molecule has 0 fully saturated rings. The molecule has 1 atom stereocenters. The van der Waals surface area contributed by atoms with Crippen LogP contribution >= 0.6 is 0 Å². The van der Waals surface area contributed by atoms with Crippen molar-refractivity contribution in [2.24, 2.45) is 5.92 Å². The molecule has 1 N–H and O–H groups in total. The van der Waals surface area contributed by atoms with E-state index in [2.05, 4.69) is 10.4 Å². The summed E-state index contributed by atoms with van der Waals surface area (Å²) < 4.78 is 6.99. The van der Waals surface area contributed by atoms with E-state index in [4.69, 9.17) is 4.74 Å². The minimum absolute atomic E-state index is 0.291. The number of carbonyl (C=O) groups is 2. The Bertz CT molecular complexity index is 705. The lowest BCUT2D eigenvalue weighted by atomic mass is 10.2. The molecule has 0 unspecified atom stereocenters. The number of esters is 1. The molecule has 2 aromatic rings. The van der Waals surface area contributed by atoms with Gasteiger partial charge in [-0.3, -0.25) is 4.79 Å². The summed E-state index contributed by atoms with van der Waals surface area (Å²) in [4.78, 5) is 24.0. The van der Waals surface area contributed by atoms with Crippen LogP contribution in [-0.4, -0.2) is 34.3 Å². The van der Waals surface area contributed by atoms with Gasteiger partial charge in [0.05, 0.1) is 11.3 Å². The van der Waals surface area contributed by atoms with Crippen LogP contribution in [0.25, 0.3) is 5.69 Å². The van der Waals surface area contributed by atoms with Gasteiger partial charge < -0.3 is 10.1 Å². The number of nitrogens with one attached hydrogen (secondary N) is 1. The van der Waals surface area contributed by atoms with Gasteiger partial charge in [0.1, 0.15) is 0 Å². The maximum absolute atomic E-state index is 12.1. The summed E-state index contributed by atoms with van der Waals surface area (Å²) in [5.74, 6) is -0.470. The molecule has 24 heavy (non-hydrogen) atoms. The first-order valence-electron chi connectivity index (χ1n) is 7.98. The monoisotopic (exact) mass is 329 g/mol. The summed E-state index contributed by atoms with van der Waals surface area (Å²) in [7, 11) is 0. The highest BCUT2D eigenvalue weighted by molar-refractivity contribution is 5.92. The zero-order valence-electron chi connectivity index (χ0n) is 14.4. The van der Waals surface area contributed by atoms with Crippen LogP contribution in [0.5, 0.6) is 0 Å². The molecule has 0 radical (unpaired) electrons. The maximum atomic E-state index is 12.1. The van der Waals surface area contributed by atoms with Crippen LogP contribution in [0.3, 0.4) is 0 Å². The minimum atomic E-state index is -0.829. The molecule has 1 amide bonds. The number of benzene rings is 1. The van der Waals surface area contributed by atoms with Gasteiger partial charge in [-0.25, -0.2) is 9.48 Å². The Balaban J connectivity index is 1.97. The van der Waals surface area contributed by atoms with Gasteiger partial charge in [0.15, 0.2) is 6.10 Å². The van der Waals surface area contributed by atoms with Gasteiger partial charge in [-0.15, -0.1) is 0 Å². The first-order chi connectivity index (χ1) is 11.4. The topological polar surface area (TPSA) is 73.2 Å². The summed E-state index contributed by atoms with van der Waals surface area (Å²) in [6.45, 7) is 8.07. The molecule has 0 saturated carbocycles. The zero-order chi connectivity index (χ0) is 17.7. The smallest absolute Gasteiger partial charge is 0.338 e. The van der Waals surface area contributed by atoms with Crippen molar-refractivity contribution in [1.82, 2.24) is 15.1 Å². The predicted molar refractivity (Wildman–Crippen MR) is 91.0 cm³/mol. The molecule has 0 bridgehead atoms. The third-order valence-corrected chi connectivity index (χ3v) is 3.52. The maximum Gasteiger partial charge on any atom is 0.338 e. The van der Waals surface area contributed by atoms with E-state index >= 15 is 0 Å². The molecule has 0 aliphatic carbocycles. The Morgan fingerprint density at radius 2 is 1.83 bits per heavy atom. The van der Waals surface area contributed by atoms with Crippen LogP contribution in [0.15, 0.2) is 36.5 Å². The van der Waals surface area contributed by atoms with Crippen molar-refractivity contribution >= 4 is 11.9 Å². The van der Waals surface area contributed by atoms with Gasteiger partial charge in [-0.2, -0.15) is 5.10 Å². The van der Waals surface area contributed by atoms with Gasteiger partial charge in [-0.1, -0.05) is 13.8 Å². The number of hydrogen-bond acceptors (Lipinski definition) is 4. The molecule has 0 aliphatic heterocycles. The predicted octanol–water partition coefficient (Wildman–Crippen LogP) is 2.50. The van der Waals surface area contributed by atoms with E-state index in [-0.39, 0.29) is 5.91 Å². The lowest BCUT2D eigenvalue weighted by Gasteiger charge is -2.14. The van der Waals surface area contributed by atoms with Crippen molar-refractivity contribution < 1.29 is 14.3 Å². The Hall–Kier alpha value is -2.63. The van der Waals surface area contributed by atoms with Crippen molar-refractivity contribution in [3.8, 4) is 5.69 Å². The van der Waals surface area contributed by atoms with E-state index in [1.165, 1.54) is 0 Å². The molecular formula is C18H23N3O3. The first kappa shape index (κ1) is 17.7. The Labute approximate surface area is 141 Å². The van der Waals surface area contributed by atoms with Crippen molar-refractivity contribution in [2.45, 2.75) is 33.8 Å². The van der Waals surface area contributed by atoms with Crippen LogP contribution in [0.4, 0.5) is 0 Å². The molecule has 1 heterocycles. The average Bonchev–Trinajstić information content (AvgIpc) is 2.98. The van der Waals surface area contributed by atoms with Crippen molar-refractivity contribution in [3.05, 3.63) is 47.8 Å². The lowest BCUT2D eigenvalue weighted by Crippen LogP contribution is -2.37. The number of rotatable bonds is 6. The fourth-order valence-corrected chi connectivity index (χ4v) is 2.11. The molecule has 0 spiro atoms. The molecule has 1 aromatic carbocycles. The van der Waals surface area contributed by atoms with Crippen LogP contribution in [0.2, 0.25) is 0 Å². The fraction of sp³-hybridized carbons (Fsp3) is 0.389. The van der Waals surface area contributed by atoms with Crippen LogP contribution in [-0.2, 0) is 9.53 Å². The quantitative estimate of drug-likeness (QED) is 0.827. The molecule has 128 valence electrons. The van der Waals surface area contributed by atoms with Gasteiger partial charge in [0.25, 0.3) is 5.91 Å². The molecule has 0 aliphatic rings. The van der Waals surface area contributed by atoms with E-state index in [9.17, 15) is 9.59 Å². The number of aryl methyl sites for hydroxylation is 1. The van der Waals surface area contributed by atoms with Crippen LogP contribution in [0, 0.1) is 12.8 Å². The largest absolute Gasteiger partial charge is 0.449 e. The first-order valence-corrected chi connectivity index (χ1v) is 7.98. The molecule has 6 nitrogen and oxygen atoms in total. The van der Waals surface area contributed by atoms with Crippen molar-refractivity contribution in [3.63, 3.8) is 0 Å². The SMILES string of the molecule is Cc1ccnn1-c1ccc(C(=O)O[C@@H](C)C(=O)NCC(C)C)cc1. The zero-order valence-corrected chi connectivity index (χ0v) is 14.4. The molecule has 1 aromatic heterocycles. The number of aromatic nitrogens is 2. The molecule has 6 heteroatoms. The second-order valence-corrected chi connectivity index (χ2v) is 6.12. The molecule has 0 saturated heterocycles. The number of amides is 1. The minimum Gasteiger partial charge on any atom is -0.449 e. The number of carbonyl (C=O) groups excluding carboxylic acids is 2. The highest BCUT2D eigenvalue weighted by Gasteiger charge is 2.19. The van der Waals surface area contributed by atoms with Crippen molar-refractivity contribution in [2.75, 3.05) is 6.54 Å². The van der Waals surface area contributed by atoms with E-state index < -0.39 is 12.1 Å². The number of ether oxygens (including phenoxy) is 1. The van der Waals surface area contributed by atoms with Gasteiger partial charge in [0.2, 0.25) is 0 Å². The second-order valence-electron chi connectivity index (χ2n) is 6.12. The number of nitrogens with zero attached hydrogens (tertiary/aromatic N) is 2. The summed E-state index contributed by atoms with van der Waals surface area (Å²) in [6, 6.07) is 8.81. The number of hydrogen-bond donors (Lipinski definition) is 1. The van der Waals surface area contributed by atoms with E-state index in [0.29, 0.717) is 18.0 Å². The van der Waals surface area contributed by atoms with Gasteiger partial charge in [0, 0.05) is 18.4 Å². The standard InChI is InChI=1S/C18H23N3O3/c1-12(2)11-19-17(22)14(4)24-18(23)15-5-7-16(8-6-15)21-13(3)9-10-20-21/h5-10,12,14H,11H2,1-4H3,(H,19,22)/t14-/m0/s1. The molecule has 2 rings (SSSR count). The summed E-state index contributed by atoms with van der Waals surface area (Å²) in [6.07, 6.45) is 0.888. The fourth-order valence-electron chi connectivity index (χ4n) is 2.11.